The van der Waals surface area contributed by atoms with Crippen molar-refractivity contribution < 1.29 is 39.8 Å². The summed E-state index contributed by atoms with van der Waals surface area (Å²) in [4.78, 5) is 12.9. The smallest absolute Gasteiger partial charge is 0.220 e. The van der Waals surface area contributed by atoms with Gasteiger partial charge in [-0.25, -0.2) is 0 Å². The van der Waals surface area contributed by atoms with Gasteiger partial charge in [0, 0.05) is 6.42 Å². The molecule has 1 heterocycles. The quantitative estimate of drug-likeness (QED) is 0.0269. The van der Waals surface area contributed by atoms with Gasteiger partial charge in [0.25, 0.3) is 0 Å². The maximum atomic E-state index is 12.9. The maximum absolute atomic E-state index is 12.9. The van der Waals surface area contributed by atoms with E-state index < -0.39 is 49.5 Å². The molecule has 1 amide bonds. The second-order valence-electron chi connectivity index (χ2n) is 15.8. The number of ether oxygens (including phenoxy) is 2. The Balaban J connectivity index is 2.28. The van der Waals surface area contributed by atoms with E-state index in [0.717, 1.165) is 44.9 Å². The molecule has 0 aromatic rings. The Morgan fingerprint density at radius 3 is 1.62 bits per heavy atom. The fourth-order valence-corrected chi connectivity index (χ4v) is 6.91. The molecular formula is C47H85NO8. The van der Waals surface area contributed by atoms with Crippen LogP contribution in [-0.2, 0) is 14.3 Å². The van der Waals surface area contributed by atoms with Gasteiger partial charge in [-0.3, -0.25) is 4.79 Å². The fourth-order valence-electron chi connectivity index (χ4n) is 6.91. The zero-order valence-corrected chi connectivity index (χ0v) is 35.6. The predicted octanol–water partition coefficient (Wildman–Crippen LogP) is 9.45. The number of allylic oxidation sites excluding steroid dienone is 7. The van der Waals surface area contributed by atoms with E-state index in [0.29, 0.717) is 6.42 Å². The van der Waals surface area contributed by atoms with Crippen LogP contribution in [0.4, 0.5) is 0 Å². The lowest BCUT2D eigenvalue weighted by Crippen LogP contribution is -2.60. The minimum absolute atomic E-state index is 0.193. The van der Waals surface area contributed by atoms with Crippen LogP contribution in [0.3, 0.4) is 0 Å². The van der Waals surface area contributed by atoms with Gasteiger partial charge in [-0.1, -0.05) is 165 Å². The van der Waals surface area contributed by atoms with Gasteiger partial charge >= 0.3 is 0 Å². The molecule has 0 aromatic carbocycles. The largest absolute Gasteiger partial charge is 0.394 e. The Hall–Kier alpha value is -1.85. The van der Waals surface area contributed by atoms with Gasteiger partial charge in [-0.2, -0.15) is 0 Å². The molecule has 0 saturated carbocycles. The second kappa shape index (κ2) is 37.4. The highest BCUT2D eigenvalue weighted by Gasteiger charge is 2.44. The lowest BCUT2D eigenvalue weighted by Gasteiger charge is -2.40. The molecule has 1 saturated heterocycles. The van der Waals surface area contributed by atoms with E-state index in [2.05, 4.69) is 55.6 Å². The van der Waals surface area contributed by atoms with Crippen LogP contribution in [-0.4, -0.2) is 87.5 Å². The number of hydrogen-bond acceptors (Lipinski definition) is 8. The summed E-state index contributed by atoms with van der Waals surface area (Å²) in [5, 5.41) is 54.0. The topological polar surface area (TPSA) is 149 Å². The molecular weight excluding hydrogens is 707 g/mol. The van der Waals surface area contributed by atoms with E-state index in [1.54, 1.807) is 6.08 Å². The van der Waals surface area contributed by atoms with E-state index in [-0.39, 0.29) is 12.5 Å². The highest BCUT2D eigenvalue weighted by Crippen LogP contribution is 2.22. The Bertz CT molecular complexity index is 1010. The number of carbonyl (C=O) groups excluding carboxylic acids is 1. The van der Waals surface area contributed by atoms with Crippen molar-refractivity contribution >= 4 is 5.91 Å². The number of amides is 1. The van der Waals surface area contributed by atoms with Crippen LogP contribution >= 0.6 is 0 Å². The Morgan fingerprint density at radius 2 is 1.07 bits per heavy atom. The molecule has 6 N–H and O–H groups in total. The van der Waals surface area contributed by atoms with Crippen LogP contribution in [0.5, 0.6) is 0 Å². The molecule has 1 aliphatic heterocycles. The highest BCUT2D eigenvalue weighted by atomic mass is 16.7. The van der Waals surface area contributed by atoms with E-state index >= 15 is 0 Å². The highest BCUT2D eigenvalue weighted by molar-refractivity contribution is 5.76. The second-order valence-corrected chi connectivity index (χ2v) is 15.8. The van der Waals surface area contributed by atoms with E-state index in [1.165, 1.54) is 122 Å². The number of aliphatic hydroxyl groups is 5. The molecule has 326 valence electrons. The summed E-state index contributed by atoms with van der Waals surface area (Å²) in [5.41, 5.74) is 0. The summed E-state index contributed by atoms with van der Waals surface area (Å²) in [6.45, 7) is 3.69. The summed E-state index contributed by atoms with van der Waals surface area (Å²) in [7, 11) is 0. The summed E-state index contributed by atoms with van der Waals surface area (Å²) in [6.07, 6.45) is 40.2. The van der Waals surface area contributed by atoms with Crippen LogP contribution in [0.25, 0.3) is 0 Å². The first-order valence-corrected chi connectivity index (χ1v) is 22.9. The van der Waals surface area contributed by atoms with Gasteiger partial charge in [-0.15, -0.1) is 0 Å². The lowest BCUT2D eigenvalue weighted by atomic mass is 9.99. The minimum atomic E-state index is -1.57. The number of nitrogens with one attached hydrogen (secondary N) is 1. The van der Waals surface area contributed by atoms with Crippen LogP contribution in [0.15, 0.2) is 48.6 Å². The Kier molecular flexibility index (Phi) is 34.9. The van der Waals surface area contributed by atoms with E-state index in [1.807, 2.05) is 6.08 Å². The van der Waals surface area contributed by atoms with Gasteiger partial charge in [0.15, 0.2) is 6.29 Å². The van der Waals surface area contributed by atoms with Gasteiger partial charge in [0.1, 0.15) is 24.4 Å². The average molecular weight is 792 g/mol. The third-order valence-corrected chi connectivity index (χ3v) is 10.6. The van der Waals surface area contributed by atoms with Crippen molar-refractivity contribution in [2.75, 3.05) is 13.2 Å². The normalized spacial score (nSPS) is 21.6. The molecule has 9 nitrogen and oxygen atoms in total. The first-order valence-electron chi connectivity index (χ1n) is 22.9. The zero-order valence-electron chi connectivity index (χ0n) is 35.6. The van der Waals surface area contributed by atoms with Crippen molar-refractivity contribution in [2.24, 2.45) is 0 Å². The third kappa shape index (κ3) is 27.7. The summed E-state index contributed by atoms with van der Waals surface area (Å²) >= 11 is 0. The van der Waals surface area contributed by atoms with Gasteiger partial charge in [0.05, 0.1) is 25.4 Å². The number of rotatable bonds is 37. The Morgan fingerprint density at radius 1 is 0.607 bits per heavy atom. The molecule has 1 fully saturated rings. The molecule has 0 bridgehead atoms. The SMILES string of the molecule is CCCCCC/C=C/CC/C=C/C(O)C(COC1OC(CO)C(O)C(O)C1O)NC(=O)CCCCCCCCCCCCC/C=C\C/C=C\CCCCCCC. The molecule has 0 radical (unpaired) electrons. The molecule has 9 heteroatoms. The van der Waals surface area contributed by atoms with Crippen molar-refractivity contribution in [1.82, 2.24) is 5.32 Å². The summed E-state index contributed by atoms with van der Waals surface area (Å²) < 4.78 is 11.2. The molecule has 7 unspecified atom stereocenters. The average Bonchev–Trinajstić information content (AvgIpc) is 3.20. The monoisotopic (exact) mass is 792 g/mol. The molecule has 1 aliphatic rings. The number of aliphatic hydroxyl groups excluding tert-OH is 5. The van der Waals surface area contributed by atoms with Gasteiger partial charge < -0.3 is 40.3 Å². The molecule has 0 aromatic heterocycles. The van der Waals surface area contributed by atoms with Crippen LogP contribution in [0, 0.1) is 0 Å². The lowest BCUT2D eigenvalue weighted by molar-refractivity contribution is -0.302. The van der Waals surface area contributed by atoms with Crippen molar-refractivity contribution in [3.8, 4) is 0 Å². The van der Waals surface area contributed by atoms with E-state index in [4.69, 9.17) is 9.47 Å². The fraction of sp³-hybridized carbons (Fsp3) is 0.809. The molecule has 7 atom stereocenters. The number of hydrogen-bond donors (Lipinski definition) is 6. The van der Waals surface area contributed by atoms with Gasteiger partial charge in [-0.05, 0) is 64.2 Å². The first kappa shape index (κ1) is 52.2. The van der Waals surface area contributed by atoms with Crippen molar-refractivity contribution in [3.05, 3.63) is 48.6 Å². The van der Waals surface area contributed by atoms with Gasteiger partial charge in [0.2, 0.25) is 5.91 Å². The van der Waals surface area contributed by atoms with Crippen LogP contribution in [0.1, 0.15) is 187 Å². The van der Waals surface area contributed by atoms with Crippen molar-refractivity contribution in [3.63, 3.8) is 0 Å². The minimum Gasteiger partial charge on any atom is -0.394 e. The third-order valence-electron chi connectivity index (χ3n) is 10.6. The summed E-state index contributed by atoms with van der Waals surface area (Å²) in [6, 6.07) is -0.821. The number of unbranched alkanes of at least 4 members (excludes halogenated alkanes) is 21. The molecule has 0 aliphatic carbocycles. The van der Waals surface area contributed by atoms with Crippen LogP contribution in [0.2, 0.25) is 0 Å². The molecule has 1 rings (SSSR count). The maximum Gasteiger partial charge on any atom is 0.220 e. The predicted molar refractivity (Wildman–Crippen MR) is 230 cm³/mol. The van der Waals surface area contributed by atoms with Crippen molar-refractivity contribution in [1.29, 1.82) is 0 Å². The molecule has 0 spiro atoms. The number of carbonyl (C=O) groups is 1. The van der Waals surface area contributed by atoms with Crippen LogP contribution < -0.4 is 5.32 Å². The zero-order chi connectivity index (χ0) is 40.9. The Labute approximate surface area is 342 Å². The van der Waals surface area contributed by atoms with E-state index in [9.17, 15) is 30.3 Å². The first-order chi connectivity index (χ1) is 27.3. The standard InChI is InChI=1S/C47H85NO8/c1-3-5-7-9-11-13-15-16-17-18-19-20-21-22-23-24-25-26-27-29-31-33-35-37-43(51)48-40(39-55-47-46(54)45(53)44(52)42(38-49)56-47)41(50)36-34-32-30-28-14-12-10-8-6-4-2/h14-16,18-19,28,34,36,40-42,44-47,49-50,52-54H,3-13,17,20-27,29-33,35,37-39H2,1-2H3,(H,48,51)/b16-15-,19-18-,28-14+,36-34+. The molecule has 56 heavy (non-hydrogen) atoms. The summed E-state index contributed by atoms with van der Waals surface area (Å²) in [5.74, 6) is -0.193. The van der Waals surface area contributed by atoms with Crippen molar-refractivity contribution in [2.45, 2.75) is 230 Å².